The Hall–Kier alpha value is -2.15. The van der Waals surface area contributed by atoms with E-state index < -0.39 is 17.7 Å². The molecule has 1 N–H and O–H groups in total. The number of aliphatic hydroxyl groups excluding tert-OH is 1. The van der Waals surface area contributed by atoms with Crippen LogP contribution in [0.4, 0.5) is 0 Å². The number of halogens is 1. The van der Waals surface area contributed by atoms with Crippen LogP contribution in [0.2, 0.25) is 0 Å². The van der Waals surface area contributed by atoms with Gasteiger partial charge in [0.05, 0.1) is 11.6 Å². The Labute approximate surface area is 147 Å². The molecular formula is C18H14INO3. The number of hydrogen-bond donors (Lipinski definition) is 1. The van der Waals surface area contributed by atoms with Crippen molar-refractivity contribution in [2.45, 2.75) is 6.04 Å². The van der Waals surface area contributed by atoms with Gasteiger partial charge in [0.2, 0.25) is 0 Å². The summed E-state index contributed by atoms with van der Waals surface area (Å²) in [6, 6.07) is 15.8. The van der Waals surface area contributed by atoms with E-state index >= 15 is 0 Å². The highest BCUT2D eigenvalue weighted by Crippen LogP contribution is 2.38. The zero-order chi connectivity index (χ0) is 16.6. The zero-order valence-electron chi connectivity index (χ0n) is 12.4. The largest absolute Gasteiger partial charge is 0.507 e. The average molecular weight is 419 g/mol. The lowest BCUT2D eigenvalue weighted by molar-refractivity contribution is -0.139. The fourth-order valence-electron chi connectivity index (χ4n) is 2.73. The molecule has 3 rings (SSSR count). The van der Waals surface area contributed by atoms with E-state index in [9.17, 15) is 14.7 Å². The predicted molar refractivity (Wildman–Crippen MR) is 95.7 cm³/mol. The molecule has 1 saturated heterocycles. The summed E-state index contributed by atoms with van der Waals surface area (Å²) >= 11 is 2.19. The maximum Gasteiger partial charge on any atom is 0.295 e. The third kappa shape index (κ3) is 2.76. The summed E-state index contributed by atoms with van der Waals surface area (Å²) in [4.78, 5) is 25.9. The Bertz CT molecular complexity index is 797. The number of ketones is 1. The van der Waals surface area contributed by atoms with Gasteiger partial charge in [0.1, 0.15) is 5.76 Å². The highest BCUT2D eigenvalue weighted by atomic mass is 127. The van der Waals surface area contributed by atoms with Crippen molar-refractivity contribution in [3.63, 3.8) is 0 Å². The molecule has 5 heteroatoms. The number of benzene rings is 2. The molecule has 0 aromatic heterocycles. The molecule has 0 spiro atoms. The summed E-state index contributed by atoms with van der Waals surface area (Å²) in [5.74, 6) is -1.40. The van der Waals surface area contributed by atoms with Crippen LogP contribution in [-0.2, 0) is 9.59 Å². The highest BCUT2D eigenvalue weighted by molar-refractivity contribution is 14.1. The Morgan fingerprint density at radius 1 is 1.04 bits per heavy atom. The molecular weight excluding hydrogens is 405 g/mol. The molecule has 4 nitrogen and oxygen atoms in total. The van der Waals surface area contributed by atoms with Crippen molar-refractivity contribution in [3.8, 4) is 0 Å². The zero-order valence-corrected chi connectivity index (χ0v) is 14.5. The second-order valence-electron chi connectivity index (χ2n) is 5.33. The molecule has 1 fully saturated rings. The smallest absolute Gasteiger partial charge is 0.295 e. The molecule has 23 heavy (non-hydrogen) atoms. The molecule has 1 aliphatic heterocycles. The minimum Gasteiger partial charge on any atom is -0.507 e. The van der Waals surface area contributed by atoms with Crippen LogP contribution < -0.4 is 0 Å². The van der Waals surface area contributed by atoms with Gasteiger partial charge in [-0.05, 0) is 40.3 Å². The lowest BCUT2D eigenvalue weighted by Gasteiger charge is -2.21. The van der Waals surface area contributed by atoms with Crippen molar-refractivity contribution in [1.82, 2.24) is 4.90 Å². The number of aliphatic hydroxyl groups is 1. The number of hydrogen-bond acceptors (Lipinski definition) is 3. The van der Waals surface area contributed by atoms with Gasteiger partial charge in [-0.15, -0.1) is 0 Å². The molecule has 1 amide bonds. The number of amides is 1. The van der Waals surface area contributed by atoms with Gasteiger partial charge >= 0.3 is 0 Å². The van der Waals surface area contributed by atoms with Crippen molar-refractivity contribution in [3.05, 3.63) is 74.9 Å². The number of likely N-dealkylation sites (tertiary alicyclic amines) is 1. The van der Waals surface area contributed by atoms with E-state index in [2.05, 4.69) is 22.6 Å². The second-order valence-corrected chi connectivity index (χ2v) is 6.57. The molecule has 1 aliphatic rings. The normalized spacial score (nSPS) is 20.1. The Morgan fingerprint density at radius 3 is 2.26 bits per heavy atom. The van der Waals surface area contributed by atoms with Gasteiger partial charge in [-0.25, -0.2) is 0 Å². The van der Waals surface area contributed by atoms with E-state index in [0.717, 1.165) is 9.13 Å². The number of carbonyl (C=O) groups excluding carboxylic acids is 2. The third-order valence-electron chi connectivity index (χ3n) is 3.91. The van der Waals surface area contributed by atoms with Crippen LogP contribution in [0.25, 0.3) is 5.76 Å². The van der Waals surface area contributed by atoms with Crippen LogP contribution in [0.1, 0.15) is 17.2 Å². The maximum absolute atomic E-state index is 12.4. The van der Waals surface area contributed by atoms with Crippen LogP contribution in [-0.4, -0.2) is 28.7 Å². The van der Waals surface area contributed by atoms with Gasteiger partial charge in [0.15, 0.2) is 0 Å². The minimum absolute atomic E-state index is 0.130. The van der Waals surface area contributed by atoms with Crippen LogP contribution >= 0.6 is 22.6 Å². The summed E-state index contributed by atoms with van der Waals surface area (Å²) < 4.78 is 1.06. The van der Waals surface area contributed by atoms with Crippen molar-refractivity contribution in [2.75, 3.05) is 7.05 Å². The maximum atomic E-state index is 12.4. The van der Waals surface area contributed by atoms with E-state index in [4.69, 9.17) is 0 Å². The van der Waals surface area contributed by atoms with E-state index in [-0.39, 0.29) is 11.3 Å². The number of nitrogens with zero attached hydrogens (tertiary/aromatic N) is 1. The van der Waals surface area contributed by atoms with Crippen LogP contribution in [0, 0.1) is 3.57 Å². The van der Waals surface area contributed by atoms with Crippen molar-refractivity contribution in [2.24, 2.45) is 0 Å². The number of likely N-dealkylation sites (N-methyl/N-ethyl adjacent to an activating group) is 1. The van der Waals surface area contributed by atoms with Crippen LogP contribution in [0.15, 0.2) is 60.2 Å². The molecule has 0 radical (unpaired) electrons. The van der Waals surface area contributed by atoms with Gasteiger partial charge < -0.3 is 10.0 Å². The van der Waals surface area contributed by atoms with Crippen LogP contribution in [0.5, 0.6) is 0 Å². The van der Waals surface area contributed by atoms with E-state index in [1.54, 1.807) is 31.3 Å². The first-order chi connectivity index (χ1) is 11.0. The SMILES string of the molecule is CN1C(=O)C(=O)C(=C(O)c2ccccc2)[C@@H]1c1ccc(I)cc1. The van der Waals surface area contributed by atoms with Gasteiger partial charge in [0, 0.05) is 16.2 Å². The van der Waals surface area contributed by atoms with E-state index in [1.807, 2.05) is 30.3 Å². The second kappa shape index (κ2) is 6.16. The molecule has 0 aliphatic carbocycles. The molecule has 2 aromatic rings. The van der Waals surface area contributed by atoms with E-state index in [0.29, 0.717) is 5.56 Å². The van der Waals surface area contributed by atoms with Gasteiger partial charge in [-0.1, -0.05) is 42.5 Å². The fraction of sp³-hybridized carbons (Fsp3) is 0.111. The van der Waals surface area contributed by atoms with Crippen molar-refractivity contribution >= 4 is 40.0 Å². The summed E-state index contributed by atoms with van der Waals surface area (Å²) in [7, 11) is 1.58. The lowest BCUT2D eigenvalue weighted by Crippen LogP contribution is -2.24. The third-order valence-corrected chi connectivity index (χ3v) is 4.63. The summed E-state index contributed by atoms with van der Waals surface area (Å²) in [5, 5.41) is 10.6. The van der Waals surface area contributed by atoms with Crippen molar-refractivity contribution in [1.29, 1.82) is 0 Å². The lowest BCUT2D eigenvalue weighted by atomic mass is 9.95. The predicted octanol–water partition coefficient (Wildman–Crippen LogP) is 3.34. The minimum atomic E-state index is -0.655. The molecule has 116 valence electrons. The van der Waals surface area contributed by atoms with Crippen LogP contribution in [0.3, 0.4) is 0 Å². The molecule has 0 saturated carbocycles. The first kappa shape index (κ1) is 15.7. The van der Waals surface area contributed by atoms with Crippen molar-refractivity contribution < 1.29 is 14.7 Å². The average Bonchev–Trinajstić information content (AvgIpc) is 2.80. The molecule has 1 heterocycles. The number of rotatable bonds is 2. The first-order valence-electron chi connectivity index (χ1n) is 7.06. The molecule has 0 unspecified atom stereocenters. The molecule has 2 aromatic carbocycles. The Kier molecular flexibility index (Phi) is 4.21. The summed E-state index contributed by atoms with van der Waals surface area (Å²) in [6.07, 6.45) is 0. The van der Waals surface area contributed by atoms with E-state index in [1.165, 1.54) is 4.90 Å². The number of Topliss-reactive ketones (excluding diaryl/α,β-unsaturated/α-hetero) is 1. The summed E-state index contributed by atoms with van der Waals surface area (Å²) in [6.45, 7) is 0. The topological polar surface area (TPSA) is 57.6 Å². The fourth-order valence-corrected chi connectivity index (χ4v) is 3.09. The quantitative estimate of drug-likeness (QED) is 0.352. The Morgan fingerprint density at radius 2 is 1.65 bits per heavy atom. The summed E-state index contributed by atoms with van der Waals surface area (Å²) in [5.41, 5.74) is 1.45. The number of carbonyl (C=O) groups is 2. The van der Waals surface area contributed by atoms with Gasteiger partial charge in [0.25, 0.3) is 11.7 Å². The standard InChI is InChI=1S/C18H14INO3/c1-20-15(11-7-9-13(19)10-8-11)14(17(22)18(20)23)16(21)12-5-3-2-4-6-12/h2-10,15,21H,1H3/t15-/m0/s1. The first-order valence-corrected chi connectivity index (χ1v) is 8.14. The highest BCUT2D eigenvalue weighted by Gasteiger charge is 2.44. The monoisotopic (exact) mass is 419 g/mol. The van der Waals surface area contributed by atoms with Gasteiger partial charge in [-0.2, -0.15) is 0 Å². The molecule has 1 atom stereocenters. The molecule has 0 bridgehead atoms. The van der Waals surface area contributed by atoms with Gasteiger partial charge in [-0.3, -0.25) is 9.59 Å². The Balaban J connectivity index is 2.17.